The first-order valence-electron chi connectivity index (χ1n) is 9.89. The van der Waals surface area contributed by atoms with Gasteiger partial charge < -0.3 is 14.0 Å². The van der Waals surface area contributed by atoms with Gasteiger partial charge in [0.05, 0.1) is 11.5 Å². The van der Waals surface area contributed by atoms with Gasteiger partial charge in [-0.05, 0) is 49.6 Å². The number of aryl methyl sites for hydroxylation is 1. The number of aromatic nitrogens is 1. The highest BCUT2D eigenvalue weighted by molar-refractivity contribution is 5.73. The predicted octanol–water partition coefficient (Wildman–Crippen LogP) is 5.77. The topological polar surface area (TPSA) is 87.6 Å². The molecule has 2 aromatic carbocycles. The average molecular weight is 420 g/mol. The van der Waals surface area contributed by atoms with E-state index in [1.54, 1.807) is 12.2 Å². The van der Waals surface area contributed by atoms with Gasteiger partial charge in [0.2, 0.25) is 5.76 Å². The van der Waals surface area contributed by atoms with Crippen molar-refractivity contribution in [3.8, 4) is 11.5 Å². The molecule has 0 fully saturated rings. The first-order chi connectivity index (χ1) is 15.0. The molecule has 160 valence electrons. The van der Waals surface area contributed by atoms with Gasteiger partial charge in [-0.1, -0.05) is 47.6 Å². The Hall–Kier alpha value is -3.87. The first-order valence-corrected chi connectivity index (χ1v) is 9.89. The summed E-state index contributed by atoms with van der Waals surface area (Å²) in [6, 6.07) is 13.7. The van der Waals surface area contributed by atoms with E-state index in [4.69, 9.17) is 14.0 Å². The molecule has 0 radical (unpaired) electrons. The maximum Gasteiger partial charge on any atom is 0.338 e. The Morgan fingerprint density at radius 1 is 1.19 bits per heavy atom. The van der Waals surface area contributed by atoms with Gasteiger partial charge >= 0.3 is 5.69 Å². The standard InChI is InChI=1S/C24H24N2O5/c1-4-9-20-14-19(12-13-21-23(26(27)28)17(3)25-31-21)15-22(29-5-2)24(20)30-16-18-10-7-6-8-11-18/h4,6-8,10-15H,1,5,9,16H2,2-3H3/b13-12+. The van der Waals surface area contributed by atoms with E-state index in [9.17, 15) is 10.1 Å². The Morgan fingerprint density at radius 2 is 1.97 bits per heavy atom. The number of nitrogens with zero attached hydrogens (tertiary/aromatic N) is 2. The second-order valence-corrected chi connectivity index (χ2v) is 6.78. The number of rotatable bonds is 10. The molecular weight excluding hydrogens is 396 g/mol. The summed E-state index contributed by atoms with van der Waals surface area (Å²) < 4.78 is 17.0. The number of benzene rings is 2. The zero-order valence-electron chi connectivity index (χ0n) is 17.5. The van der Waals surface area contributed by atoms with Gasteiger partial charge in [-0.25, -0.2) is 0 Å². The minimum Gasteiger partial charge on any atom is -0.490 e. The smallest absolute Gasteiger partial charge is 0.338 e. The Balaban J connectivity index is 1.95. The molecule has 0 aliphatic heterocycles. The fourth-order valence-electron chi connectivity index (χ4n) is 3.13. The first kappa shape index (κ1) is 21.8. The van der Waals surface area contributed by atoms with Crippen LogP contribution in [0.1, 0.15) is 35.1 Å². The highest BCUT2D eigenvalue weighted by Gasteiger charge is 2.22. The lowest BCUT2D eigenvalue weighted by atomic mass is 10.0. The van der Waals surface area contributed by atoms with E-state index < -0.39 is 4.92 Å². The molecule has 7 heteroatoms. The summed E-state index contributed by atoms with van der Waals surface area (Å²) in [4.78, 5) is 10.8. The van der Waals surface area contributed by atoms with Gasteiger partial charge in [0, 0.05) is 5.56 Å². The van der Waals surface area contributed by atoms with Crippen LogP contribution in [0.15, 0.2) is 59.6 Å². The molecule has 1 aromatic heterocycles. The number of nitro groups is 1. The molecule has 0 aliphatic carbocycles. The van der Waals surface area contributed by atoms with E-state index in [-0.39, 0.29) is 17.1 Å². The van der Waals surface area contributed by atoms with E-state index in [1.807, 2.05) is 49.4 Å². The second kappa shape index (κ2) is 10.2. The van der Waals surface area contributed by atoms with Crippen LogP contribution in [0.5, 0.6) is 11.5 Å². The quantitative estimate of drug-likeness (QED) is 0.235. The lowest BCUT2D eigenvalue weighted by Gasteiger charge is -2.17. The van der Waals surface area contributed by atoms with Crippen LogP contribution in [0.2, 0.25) is 0 Å². The van der Waals surface area contributed by atoms with Gasteiger partial charge in [-0.15, -0.1) is 6.58 Å². The third-order valence-electron chi connectivity index (χ3n) is 4.51. The Labute approximate surface area is 180 Å². The zero-order valence-corrected chi connectivity index (χ0v) is 17.5. The summed E-state index contributed by atoms with van der Waals surface area (Å²) in [5.74, 6) is 1.35. The van der Waals surface area contributed by atoms with E-state index in [0.717, 1.165) is 16.7 Å². The van der Waals surface area contributed by atoms with Crippen LogP contribution < -0.4 is 9.47 Å². The Bertz CT molecular complexity index is 1090. The van der Waals surface area contributed by atoms with E-state index in [0.29, 0.717) is 31.1 Å². The van der Waals surface area contributed by atoms with Gasteiger partial charge in [0.25, 0.3) is 0 Å². The van der Waals surface area contributed by atoms with E-state index in [1.165, 1.54) is 13.0 Å². The molecular formula is C24H24N2O5. The Kier molecular flexibility index (Phi) is 7.22. The Morgan fingerprint density at radius 3 is 2.65 bits per heavy atom. The van der Waals surface area contributed by atoms with Crippen molar-refractivity contribution in [2.24, 2.45) is 0 Å². The maximum absolute atomic E-state index is 11.3. The van der Waals surface area contributed by atoms with Gasteiger partial charge in [0.1, 0.15) is 6.61 Å². The number of hydrogen-bond donors (Lipinski definition) is 0. The minimum atomic E-state index is -0.499. The summed E-state index contributed by atoms with van der Waals surface area (Å²) >= 11 is 0. The van der Waals surface area contributed by atoms with Crippen LogP contribution in [0.25, 0.3) is 12.2 Å². The van der Waals surface area contributed by atoms with Crippen LogP contribution in [0.4, 0.5) is 5.69 Å². The van der Waals surface area contributed by atoms with Crippen molar-refractivity contribution in [3.05, 3.63) is 93.4 Å². The van der Waals surface area contributed by atoms with Crippen molar-refractivity contribution in [3.63, 3.8) is 0 Å². The van der Waals surface area contributed by atoms with Crippen LogP contribution >= 0.6 is 0 Å². The third-order valence-corrected chi connectivity index (χ3v) is 4.51. The van der Waals surface area contributed by atoms with Crippen molar-refractivity contribution in [1.29, 1.82) is 0 Å². The molecule has 0 aliphatic rings. The third kappa shape index (κ3) is 5.39. The lowest BCUT2D eigenvalue weighted by molar-refractivity contribution is -0.386. The van der Waals surface area contributed by atoms with Crippen molar-refractivity contribution in [1.82, 2.24) is 5.16 Å². The largest absolute Gasteiger partial charge is 0.490 e. The molecule has 0 unspecified atom stereocenters. The fraction of sp³-hybridized carbons (Fsp3) is 0.208. The van der Waals surface area contributed by atoms with Gasteiger partial charge in [-0.2, -0.15) is 0 Å². The highest BCUT2D eigenvalue weighted by Crippen LogP contribution is 2.35. The molecule has 0 bridgehead atoms. The molecule has 0 saturated carbocycles. The zero-order chi connectivity index (χ0) is 22.2. The number of hydrogen-bond acceptors (Lipinski definition) is 6. The predicted molar refractivity (Wildman–Crippen MR) is 119 cm³/mol. The molecule has 0 saturated heterocycles. The average Bonchev–Trinajstić information content (AvgIpc) is 3.13. The summed E-state index contributed by atoms with van der Waals surface area (Å²) in [5, 5.41) is 14.9. The molecule has 0 spiro atoms. The number of allylic oxidation sites excluding steroid dienone is 1. The monoisotopic (exact) mass is 420 g/mol. The fourth-order valence-corrected chi connectivity index (χ4v) is 3.13. The van der Waals surface area contributed by atoms with E-state index >= 15 is 0 Å². The van der Waals surface area contributed by atoms with Gasteiger partial charge in [-0.3, -0.25) is 10.1 Å². The number of ether oxygens (including phenoxy) is 2. The van der Waals surface area contributed by atoms with Crippen molar-refractivity contribution >= 4 is 17.8 Å². The molecule has 0 N–H and O–H groups in total. The van der Waals surface area contributed by atoms with E-state index in [2.05, 4.69) is 11.7 Å². The van der Waals surface area contributed by atoms with Crippen molar-refractivity contribution in [2.75, 3.05) is 6.61 Å². The van der Waals surface area contributed by atoms with Crippen molar-refractivity contribution in [2.45, 2.75) is 26.9 Å². The minimum absolute atomic E-state index is 0.0927. The molecule has 31 heavy (non-hydrogen) atoms. The molecule has 0 amide bonds. The summed E-state index contributed by atoms with van der Waals surface area (Å²) in [6.07, 6.45) is 5.63. The second-order valence-electron chi connectivity index (χ2n) is 6.78. The van der Waals surface area contributed by atoms with Crippen LogP contribution in [-0.2, 0) is 13.0 Å². The van der Waals surface area contributed by atoms with Crippen molar-refractivity contribution < 1.29 is 18.9 Å². The van der Waals surface area contributed by atoms with Gasteiger partial charge in [0.15, 0.2) is 17.2 Å². The summed E-state index contributed by atoms with van der Waals surface area (Å²) in [7, 11) is 0. The highest BCUT2D eigenvalue weighted by atomic mass is 16.6. The summed E-state index contributed by atoms with van der Waals surface area (Å²) in [6.45, 7) is 8.14. The van der Waals surface area contributed by atoms with Crippen LogP contribution in [0, 0.1) is 17.0 Å². The van der Waals surface area contributed by atoms with Crippen LogP contribution in [0.3, 0.4) is 0 Å². The maximum atomic E-state index is 11.3. The SMILES string of the molecule is C=CCc1cc(/C=C/c2onc(C)c2[N+](=O)[O-])cc(OCC)c1OCc1ccccc1. The molecule has 3 rings (SSSR count). The molecule has 7 nitrogen and oxygen atoms in total. The molecule has 1 heterocycles. The molecule has 0 atom stereocenters. The van der Waals surface area contributed by atoms with Crippen LogP contribution in [-0.4, -0.2) is 16.7 Å². The molecule has 3 aromatic rings. The summed E-state index contributed by atoms with van der Waals surface area (Å²) in [5.41, 5.74) is 2.83. The lowest BCUT2D eigenvalue weighted by Crippen LogP contribution is -2.03. The normalized spacial score (nSPS) is 10.9.